The number of hydrogen-bond donors (Lipinski definition) is 0. The fraction of sp³-hybridized carbons (Fsp3) is 0.364. The van der Waals surface area contributed by atoms with Crippen molar-refractivity contribution in [1.29, 1.82) is 0 Å². The van der Waals surface area contributed by atoms with Gasteiger partial charge in [-0.3, -0.25) is 9.36 Å². The van der Waals surface area contributed by atoms with Gasteiger partial charge in [0.15, 0.2) is 11.9 Å². The minimum Gasteiger partial charge on any atom is -0.467 e. The number of thiophene rings is 1. The highest BCUT2D eigenvalue weighted by molar-refractivity contribution is 7.98. The minimum absolute atomic E-state index is 0.00674. The molecule has 3 heterocycles. The molecule has 8 heteroatoms. The normalized spacial score (nSPS) is 15.5. The summed E-state index contributed by atoms with van der Waals surface area (Å²) in [6.45, 7) is 4.68. The first-order valence-corrected chi connectivity index (χ1v) is 11.8. The van der Waals surface area contributed by atoms with Crippen LogP contribution in [0.25, 0.3) is 10.2 Å². The second-order valence-electron chi connectivity index (χ2n) is 7.44. The summed E-state index contributed by atoms with van der Waals surface area (Å²) in [6.07, 6.45) is 5.96. The summed E-state index contributed by atoms with van der Waals surface area (Å²) in [5, 5.41) is 1.39. The lowest BCUT2D eigenvalue weighted by Gasteiger charge is -2.21. The van der Waals surface area contributed by atoms with Gasteiger partial charge in [0, 0.05) is 28.3 Å². The van der Waals surface area contributed by atoms with E-state index in [0.717, 1.165) is 41.5 Å². The minimum atomic E-state index is -0.323. The maximum atomic E-state index is 14.1. The Hall–Kier alpha value is -2.16. The Balaban J connectivity index is 1.55. The second-order valence-corrected chi connectivity index (χ2v) is 9.47. The van der Waals surface area contributed by atoms with Crippen LogP contribution in [0.5, 0.6) is 5.75 Å². The lowest BCUT2D eigenvalue weighted by atomic mass is 9.97. The van der Waals surface area contributed by atoms with Crippen molar-refractivity contribution in [3.05, 3.63) is 62.5 Å². The number of thioether (sulfide) groups is 1. The third-order valence-corrected chi connectivity index (χ3v) is 7.67. The zero-order valence-corrected chi connectivity index (χ0v) is 18.0. The van der Waals surface area contributed by atoms with E-state index in [1.807, 2.05) is 0 Å². The molecule has 0 fully saturated rings. The van der Waals surface area contributed by atoms with Gasteiger partial charge in [-0.1, -0.05) is 17.8 Å². The monoisotopic (exact) mass is 444 g/mol. The molecule has 0 spiro atoms. The third kappa shape index (κ3) is 3.46. The molecule has 30 heavy (non-hydrogen) atoms. The molecule has 1 aliphatic heterocycles. The summed E-state index contributed by atoms with van der Waals surface area (Å²) in [4.78, 5) is 20.3. The zero-order valence-electron chi connectivity index (χ0n) is 16.4. The van der Waals surface area contributed by atoms with Crippen LogP contribution in [0, 0.1) is 5.82 Å². The summed E-state index contributed by atoms with van der Waals surface area (Å²) in [5.74, 6) is 0.789. The van der Waals surface area contributed by atoms with E-state index >= 15 is 0 Å². The molecule has 0 unspecified atom stereocenters. The predicted octanol–water partition coefficient (Wildman–Crippen LogP) is 4.82. The number of allylic oxidation sites excluding steroid dienone is 1. The Labute approximate surface area is 181 Å². The molecule has 0 saturated heterocycles. The van der Waals surface area contributed by atoms with Crippen molar-refractivity contribution in [2.24, 2.45) is 0 Å². The number of fused-ring (bicyclic) bond motifs is 4. The third-order valence-electron chi connectivity index (χ3n) is 5.46. The van der Waals surface area contributed by atoms with Gasteiger partial charge >= 0.3 is 0 Å². The van der Waals surface area contributed by atoms with Crippen LogP contribution in [0.15, 0.2) is 34.7 Å². The Bertz CT molecular complexity index is 1200. The van der Waals surface area contributed by atoms with Crippen molar-refractivity contribution in [2.75, 3.05) is 6.79 Å². The van der Waals surface area contributed by atoms with Crippen molar-refractivity contribution >= 4 is 33.3 Å². The summed E-state index contributed by atoms with van der Waals surface area (Å²) >= 11 is 3.06. The lowest BCUT2D eigenvalue weighted by molar-refractivity contribution is -0.0171. The quantitative estimate of drug-likeness (QED) is 0.321. The standard InChI is InChI=1S/C22H21FN2O3S2/c1-2-7-25-21(26)18-16-5-3-4-6-17(16)30-20(18)24-22(25)29-11-14-9-15(23)8-13-10-27-12-28-19(13)14/h2,8-9H,1,3-7,10-12H2. The molecule has 3 aromatic rings. The Kier molecular flexibility index (Phi) is 5.39. The van der Waals surface area contributed by atoms with Gasteiger partial charge in [0.1, 0.15) is 16.4 Å². The number of rotatable bonds is 5. The van der Waals surface area contributed by atoms with Crippen LogP contribution >= 0.6 is 23.1 Å². The predicted molar refractivity (Wildman–Crippen MR) is 117 cm³/mol. The van der Waals surface area contributed by atoms with Gasteiger partial charge < -0.3 is 9.47 Å². The first kappa shape index (κ1) is 19.8. The van der Waals surface area contributed by atoms with Crippen LogP contribution in [-0.2, 0) is 36.5 Å². The molecule has 156 valence electrons. The average Bonchev–Trinajstić information content (AvgIpc) is 3.12. The summed E-state index contributed by atoms with van der Waals surface area (Å²) in [5.41, 5.74) is 2.62. The second kappa shape index (κ2) is 8.17. The molecule has 1 aliphatic carbocycles. The maximum absolute atomic E-state index is 14.1. The summed E-state index contributed by atoms with van der Waals surface area (Å²) in [7, 11) is 0. The van der Waals surface area contributed by atoms with E-state index in [1.165, 1.54) is 34.3 Å². The fourth-order valence-corrected chi connectivity index (χ4v) is 6.40. The van der Waals surface area contributed by atoms with Crippen LogP contribution < -0.4 is 10.3 Å². The topological polar surface area (TPSA) is 53.4 Å². The fourth-order valence-electron chi connectivity index (χ4n) is 4.13. The van der Waals surface area contributed by atoms with E-state index in [2.05, 4.69) is 6.58 Å². The lowest BCUT2D eigenvalue weighted by Crippen LogP contribution is -2.23. The van der Waals surface area contributed by atoms with Gasteiger partial charge in [-0.15, -0.1) is 17.9 Å². The van der Waals surface area contributed by atoms with Crippen LogP contribution in [0.2, 0.25) is 0 Å². The highest BCUT2D eigenvalue weighted by Gasteiger charge is 2.23. The van der Waals surface area contributed by atoms with Crippen molar-refractivity contribution in [1.82, 2.24) is 9.55 Å². The number of hydrogen-bond acceptors (Lipinski definition) is 6. The SMILES string of the molecule is C=CCn1c(SCc2cc(F)cc3c2OCOC3)nc2sc3c(c2c1=O)CCCC3. The highest BCUT2D eigenvalue weighted by atomic mass is 32.2. The molecule has 2 aromatic heterocycles. The maximum Gasteiger partial charge on any atom is 0.263 e. The van der Waals surface area contributed by atoms with Crippen molar-refractivity contribution in [3.8, 4) is 5.75 Å². The van der Waals surface area contributed by atoms with Gasteiger partial charge in [0.2, 0.25) is 0 Å². The Morgan fingerprint density at radius 1 is 1.33 bits per heavy atom. The largest absolute Gasteiger partial charge is 0.467 e. The number of nitrogens with zero attached hydrogens (tertiary/aromatic N) is 2. The number of aromatic nitrogens is 2. The van der Waals surface area contributed by atoms with Crippen molar-refractivity contribution in [2.45, 2.75) is 49.7 Å². The van der Waals surface area contributed by atoms with E-state index in [1.54, 1.807) is 22.0 Å². The number of halogens is 1. The number of aryl methyl sites for hydroxylation is 2. The van der Waals surface area contributed by atoms with Gasteiger partial charge in [0.25, 0.3) is 5.56 Å². The van der Waals surface area contributed by atoms with Crippen LogP contribution in [0.3, 0.4) is 0 Å². The number of ether oxygens (including phenoxy) is 2. The summed E-state index contributed by atoms with van der Waals surface area (Å²) in [6, 6.07) is 2.92. The van der Waals surface area contributed by atoms with E-state index in [4.69, 9.17) is 14.5 Å². The molecule has 0 amide bonds. The van der Waals surface area contributed by atoms with Crippen molar-refractivity contribution in [3.63, 3.8) is 0 Å². The smallest absolute Gasteiger partial charge is 0.263 e. The molecule has 0 saturated carbocycles. The van der Waals surface area contributed by atoms with Crippen LogP contribution in [0.4, 0.5) is 4.39 Å². The van der Waals surface area contributed by atoms with Crippen molar-refractivity contribution < 1.29 is 13.9 Å². The molecular formula is C22H21FN2O3S2. The molecule has 5 nitrogen and oxygen atoms in total. The van der Waals surface area contributed by atoms with Gasteiger partial charge in [-0.05, 0) is 43.4 Å². The molecule has 2 aliphatic rings. The number of benzene rings is 1. The van der Waals surface area contributed by atoms with E-state index in [0.29, 0.717) is 35.4 Å². The summed E-state index contributed by atoms with van der Waals surface area (Å²) < 4.78 is 26.6. The molecular weight excluding hydrogens is 423 g/mol. The van der Waals surface area contributed by atoms with E-state index in [9.17, 15) is 9.18 Å². The van der Waals surface area contributed by atoms with Gasteiger partial charge in [-0.25, -0.2) is 9.37 Å². The molecule has 0 radical (unpaired) electrons. The Morgan fingerprint density at radius 3 is 3.07 bits per heavy atom. The Morgan fingerprint density at radius 2 is 2.20 bits per heavy atom. The highest BCUT2D eigenvalue weighted by Crippen LogP contribution is 2.36. The van der Waals surface area contributed by atoms with Crippen LogP contribution in [0.1, 0.15) is 34.4 Å². The first-order valence-electron chi connectivity index (χ1n) is 9.96. The molecule has 0 N–H and O–H groups in total. The zero-order chi connectivity index (χ0) is 20.7. The molecule has 0 atom stereocenters. The van der Waals surface area contributed by atoms with Gasteiger partial charge in [0.05, 0.1) is 12.0 Å². The first-order chi connectivity index (χ1) is 14.7. The van der Waals surface area contributed by atoms with Crippen LogP contribution in [-0.4, -0.2) is 16.3 Å². The molecule has 0 bridgehead atoms. The molecule has 1 aromatic carbocycles. The average molecular weight is 445 g/mol. The van der Waals surface area contributed by atoms with E-state index < -0.39 is 0 Å². The molecule has 5 rings (SSSR count). The van der Waals surface area contributed by atoms with E-state index in [-0.39, 0.29) is 18.2 Å². The van der Waals surface area contributed by atoms with Gasteiger partial charge in [-0.2, -0.15) is 0 Å².